The van der Waals surface area contributed by atoms with Crippen molar-refractivity contribution in [1.29, 1.82) is 0 Å². The molecule has 2 heterocycles. The van der Waals surface area contributed by atoms with E-state index in [1.54, 1.807) is 30.3 Å². The molecule has 30 heavy (non-hydrogen) atoms. The molecule has 1 aromatic heterocycles. The van der Waals surface area contributed by atoms with Gasteiger partial charge in [-0.25, -0.2) is 0 Å². The lowest BCUT2D eigenvalue weighted by Crippen LogP contribution is -2.42. The summed E-state index contributed by atoms with van der Waals surface area (Å²) in [7, 11) is 0. The summed E-state index contributed by atoms with van der Waals surface area (Å²) in [6.45, 7) is 1.80. The van der Waals surface area contributed by atoms with Crippen molar-refractivity contribution in [3.05, 3.63) is 54.4 Å². The first kappa shape index (κ1) is 19.3. The fourth-order valence-corrected chi connectivity index (χ4v) is 3.21. The Balaban J connectivity index is 1.40. The Bertz CT molecular complexity index is 1110. The molecule has 9 heteroatoms. The van der Waals surface area contributed by atoms with E-state index in [0.717, 1.165) is 5.56 Å². The molecule has 9 nitrogen and oxygen atoms in total. The summed E-state index contributed by atoms with van der Waals surface area (Å²) in [5.74, 6) is -0.504. The van der Waals surface area contributed by atoms with Crippen molar-refractivity contribution in [2.75, 3.05) is 22.1 Å². The Morgan fingerprint density at radius 3 is 2.83 bits per heavy atom. The molecule has 0 atom stereocenters. The van der Waals surface area contributed by atoms with Crippen LogP contribution < -0.4 is 15.5 Å². The number of aryl methyl sites for hydroxylation is 1. The first-order chi connectivity index (χ1) is 14.5. The van der Waals surface area contributed by atoms with E-state index in [2.05, 4.69) is 20.8 Å². The fourth-order valence-electron chi connectivity index (χ4n) is 3.21. The average molecular weight is 405 g/mol. The lowest BCUT2D eigenvalue weighted by molar-refractivity contribution is -0.124. The second-order valence-electron chi connectivity index (χ2n) is 6.87. The molecule has 3 aromatic rings. The quantitative estimate of drug-likeness (QED) is 0.674. The molecule has 2 N–H and O–H groups in total. The van der Waals surface area contributed by atoms with Gasteiger partial charge in [-0.15, -0.1) is 10.2 Å². The number of carbonyl (C=O) groups is 3. The summed E-state index contributed by atoms with van der Waals surface area (Å²) in [4.78, 5) is 38.4. The van der Waals surface area contributed by atoms with Gasteiger partial charge in [0.15, 0.2) is 0 Å². The summed E-state index contributed by atoms with van der Waals surface area (Å²) >= 11 is 0. The summed E-state index contributed by atoms with van der Waals surface area (Å²) in [5.41, 5.74) is 3.36. The number of nitrogens with zero attached hydrogens (tertiary/aromatic N) is 3. The molecule has 152 valence electrons. The van der Waals surface area contributed by atoms with Crippen LogP contribution in [0, 0.1) is 6.92 Å². The van der Waals surface area contributed by atoms with Crippen molar-refractivity contribution >= 4 is 34.8 Å². The van der Waals surface area contributed by atoms with Crippen molar-refractivity contribution in [1.82, 2.24) is 10.2 Å². The number of anilines is 3. The first-order valence-electron chi connectivity index (χ1n) is 9.37. The first-order valence-corrected chi connectivity index (χ1v) is 9.37. The van der Waals surface area contributed by atoms with Crippen molar-refractivity contribution in [3.63, 3.8) is 0 Å². The van der Waals surface area contributed by atoms with Crippen molar-refractivity contribution in [2.24, 2.45) is 0 Å². The lowest BCUT2D eigenvalue weighted by atomic mass is 10.1. The predicted molar refractivity (Wildman–Crippen MR) is 110 cm³/mol. The average Bonchev–Trinajstić information content (AvgIpc) is 3.28. The van der Waals surface area contributed by atoms with Crippen LogP contribution in [0.15, 0.2) is 53.3 Å². The molecule has 0 radical (unpaired) electrons. The minimum atomic E-state index is -0.302. The number of carbonyl (C=O) groups excluding carboxylic acids is 3. The number of hydrogen-bond acceptors (Lipinski definition) is 6. The molecule has 0 unspecified atom stereocenters. The predicted octanol–water partition coefficient (Wildman–Crippen LogP) is 2.75. The van der Waals surface area contributed by atoms with Crippen LogP contribution in [0.3, 0.4) is 0 Å². The molecule has 3 amide bonds. The number of aromatic nitrogens is 2. The Labute approximate surface area is 172 Å². The monoisotopic (exact) mass is 405 g/mol. The Morgan fingerprint density at radius 1 is 1.20 bits per heavy atom. The summed E-state index contributed by atoms with van der Waals surface area (Å²) in [6, 6.07) is 12.5. The van der Waals surface area contributed by atoms with Gasteiger partial charge in [0.25, 0.3) is 0 Å². The van der Waals surface area contributed by atoms with Crippen LogP contribution in [-0.4, -0.2) is 34.5 Å². The van der Waals surface area contributed by atoms with Crippen molar-refractivity contribution in [2.45, 2.75) is 19.8 Å². The molecular weight excluding hydrogens is 386 g/mol. The highest BCUT2D eigenvalue weighted by atomic mass is 16.4. The van der Waals surface area contributed by atoms with Crippen molar-refractivity contribution in [3.8, 4) is 11.5 Å². The van der Waals surface area contributed by atoms with Gasteiger partial charge < -0.3 is 20.0 Å². The molecule has 2 aromatic carbocycles. The van der Waals surface area contributed by atoms with Crippen LogP contribution in [0.1, 0.15) is 18.4 Å². The highest BCUT2D eigenvalue weighted by molar-refractivity contribution is 6.10. The molecule has 0 aliphatic carbocycles. The fraction of sp³-hybridized carbons (Fsp3) is 0.190. The van der Waals surface area contributed by atoms with Crippen molar-refractivity contribution < 1.29 is 18.8 Å². The SMILES string of the molecule is Cc1ccc(-c2nnco2)cc1NC(=O)CCC(=O)N1CC(=O)Nc2ccccc21. The van der Waals surface area contributed by atoms with Gasteiger partial charge in [0.1, 0.15) is 6.54 Å². The van der Waals surface area contributed by atoms with Crippen LogP contribution in [0.4, 0.5) is 17.1 Å². The van der Waals surface area contributed by atoms with Gasteiger partial charge in [0.2, 0.25) is 30.0 Å². The Morgan fingerprint density at radius 2 is 2.03 bits per heavy atom. The molecule has 1 aliphatic rings. The summed E-state index contributed by atoms with van der Waals surface area (Å²) in [6.07, 6.45) is 1.21. The van der Waals surface area contributed by atoms with Crippen LogP contribution in [0.5, 0.6) is 0 Å². The highest BCUT2D eigenvalue weighted by Crippen LogP contribution is 2.29. The number of benzene rings is 2. The van der Waals surface area contributed by atoms with Crippen LogP contribution >= 0.6 is 0 Å². The maximum absolute atomic E-state index is 12.7. The van der Waals surface area contributed by atoms with E-state index in [1.165, 1.54) is 11.3 Å². The molecule has 0 fully saturated rings. The Hall–Kier alpha value is -4.01. The normalized spacial score (nSPS) is 12.8. The van der Waals surface area contributed by atoms with Gasteiger partial charge in [-0.3, -0.25) is 14.4 Å². The topological polar surface area (TPSA) is 117 Å². The number of amides is 3. The van der Waals surface area contributed by atoms with Gasteiger partial charge in [0.05, 0.1) is 11.4 Å². The van der Waals surface area contributed by atoms with E-state index < -0.39 is 0 Å². The summed E-state index contributed by atoms with van der Waals surface area (Å²) < 4.78 is 5.19. The van der Waals surface area contributed by atoms with Gasteiger partial charge in [-0.1, -0.05) is 18.2 Å². The minimum absolute atomic E-state index is 0.0106. The zero-order chi connectivity index (χ0) is 21.1. The number of rotatable bonds is 5. The second-order valence-corrected chi connectivity index (χ2v) is 6.87. The van der Waals surface area contributed by atoms with Gasteiger partial charge in [0, 0.05) is 24.1 Å². The van der Waals surface area contributed by atoms with Gasteiger partial charge in [-0.05, 0) is 36.8 Å². The van der Waals surface area contributed by atoms with E-state index in [4.69, 9.17) is 4.42 Å². The minimum Gasteiger partial charge on any atom is -0.423 e. The third-order valence-corrected chi connectivity index (χ3v) is 4.76. The maximum Gasteiger partial charge on any atom is 0.247 e. The van der Waals surface area contributed by atoms with Crippen LogP contribution in [0.25, 0.3) is 11.5 Å². The molecule has 0 saturated heterocycles. The number of hydrogen-bond donors (Lipinski definition) is 2. The maximum atomic E-state index is 12.7. The number of fused-ring (bicyclic) bond motifs is 1. The smallest absolute Gasteiger partial charge is 0.247 e. The van der Waals surface area contributed by atoms with E-state index in [0.29, 0.717) is 28.5 Å². The third-order valence-electron chi connectivity index (χ3n) is 4.76. The second kappa shape index (κ2) is 8.16. The molecule has 4 rings (SSSR count). The molecule has 0 bridgehead atoms. The third kappa shape index (κ3) is 4.04. The van der Waals surface area contributed by atoms with Crippen LogP contribution in [-0.2, 0) is 14.4 Å². The van der Waals surface area contributed by atoms with E-state index in [-0.39, 0.29) is 37.1 Å². The van der Waals surface area contributed by atoms with E-state index >= 15 is 0 Å². The van der Waals surface area contributed by atoms with Crippen LogP contribution in [0.2, 0.25) is 0 Å². The molecule has 0 saturated carbocycles. The van der Waals surface area contributed by atoms with Gasteiger partial charge >= 0.3 is 0 Å². The molecular formula is C21H19N5O4. The number of para-hydroxylation sites is 2. The van der Waals surface area contributed by atoms with E-state index in [1.807, 2.05) is 19.1 Å². The zero-order valence-corrected chi connectivity index (χ0v) is 16.2. The standard InChI is InChI=1S/C21H19N5O4/c1-13-6-7-14(21-25-22-12-30-21)10-16(13)24-18(27)8-9-20(29)26-11-19(28)23-15-4-2-3-5-17(15)26/h2-7,10,12H,8-9,11H2,1H3,(H,23,28)(H,24,27). The lowest BCUT2D eigenvalue weighted by Gasteiger charge is -2.29. The molecule has 0 spiro atoms. The zero-order valence-electron chi connectivity index (χ0n) is 16.2. The van der Waals surface area contributed by atoms with Gasteiger partial charge in [-0.2, -0.15) is 0 Å². The Kier molecular flexibility index (Phi) is 5.25. The number of nitrogens with one attached hydrogen (secondary N) is 2. The highest BCUT2D eigenvalue weighted by Gasteiger charge is 2.26. The summed E-state index contributed by atoms with van der Waals surface area (Å²) in [5, 5.41) is 13.1. The largest absolute Gasteiger partial charge is 0.423 e. The molecule has 1 aliphatic heterocycles. The van der Waals surface area contributed by atoms with E-state index in [9.17, 15) is 14.4 Å².